The summed E-state index contributed by atoms with van der Waals surface area (Å²) in [4.78, 5) is 17.6. The molecule has 1 amide bonds. The van der Waals surface area contributed by atoms with E-state index in [1.807, 2.05) is 13.8 Å². The van der Waals surface area contributed by atoms with E-state index in [0.717, 1.165) is 30.0 Å². The molecule has 0 radical (unpaired) electrons. The van der Waals surface area contributed by atoms with E-state index in [-0.39, 0.29) is 23.9 Å². The Morgan fingerprint density at radius 1 is 1.36 bits per heavy atom. The summed E-state index contributed by atoms with van der Waals surface area (Å²) in [6, 6.07) is 6.08. The summed E-state index contributed by atoms with van der Waals surface area (Å²) in [7, 11) is 0. The van der Waals surface area contributed by atoms with Gasteiger partial charge in [0.05, 0.1) is 17.7 Å². The number of rotatable bonds is 4. The van der Waals surface area contributed by atoms with Crippen LogP contribution in [0.15, 0.2) is 30.5 Å². The molecule has 5 nitrogen and oxygen atoms in total. The molecule has 1 fully saturated rings. The number of aliphatic hydroxyl groups is 1. The maximum Gasteiger partial charge on any atom is 0.253 e. The molecule has 134 valence electrons. The third-order valence-corrected chi connectivity index (χ3v) is 4.81. The van der Waals surface area contributed by atoms with E-state index in [1.165, 1.54) is 12.1 Å². The average Bonchev–Trinajstić information content (AvgIpc) is 3.02. The van der Waals surface area contributed by atoms with E-state index in [9.17, 15) is 14.3 Å². The SMILES string of the molecule is Cc1[nH]ccc1C(=O)NC(C)c1cc(F)ccc1N1CCC(O)CC1. The molecule has 1 saturated heterocycles. The Labute approximate surface area is 146 Å². The molecule has 6 heteroatoms. The lowest BCUT2D eigenvalue weighted by Crippen LogP contribution is -2.37. The highest BCUT2D eigenvalue weighted by Gasteiger charge is 2.23. The number of carbonyl (C=O) groups excluding carboxylic acids is 1. The number of aromatic nitrogens is 1. The van der Waals surface area contributed by atoms with Gasteiger partial charge in [0, 0.05) is 36.2 Å². The van der Waals surface area contributed by atoms with Gasteiger partial charge in [-0.05, 0) is 51.0 Å². The fraction of sp³-hybridized carbons (Fsp3) is 0.421. The summed E-state index contributed by atoms with van der Waals surface area (Å²) < 4.78 is 13.8. The number of aliphatic hydroxyl groups excluding tert-OH is 1. The van der Waals surface area contributed by atoms with Crippen molar-refractivity contribution in [2.45, 2.75) is 38.8 Å². The maximum absolute atomic E-state index is 13.8. The number of aromatic amines is 1. The molecule has 3 rings (SSSR count). The van der Waals surface area contributed by atoms with Gasteiger partial charge < -0.3 is 20.3 Å². The summed E-state index contributed by atoms with van der Waals surface area (Å²) >= 11 is 0. The predicted octanol–water partition coefficient (Wildman–Crippen LogP) is 2.91. The van der Waals surface area contributed by atoms with Gasteiger partial charge in [0.1, 0.15) is 5.82 Å². The van der Waals surface area contributed by atoms with Gasteiger partial charge in [-0.25, -0.2) is 4.39 Å². The zero-order valence-corrected chi connectivity index (χ0v) is 14.6. The number of aryl methyl sites for hydroxylation is 1. The van der Waals surface area contributed by atoms with E-state index < -0.39 is 0 Å². The minimum atomic E-state index is -0.334. The van der Waals surface area contributed by atoms with E-state index in [4.69, 9.17) is 0 Å². The zero-order valence-electron chi connectivity index (χ0n) is 14.6. The van der Waals surface area contributed by atoms with Gasteiger partial charge in [0.15, 0.2) is 0 Å². The highest BCUT2D eigenvalue weighted by Crippen LogP contribution is 2.30. The first-order valence-corrected chi connectivity index (χ1v) is 8.63. The predicted molar refractivity (Wildman–Crippen MR) is 95.3 cm³/mol. The number of H-pyrrole nitrogens is 1. The Balaban J connectivity index is 1.81. The van der Waals surface area contributed by atoms with Crippen molar-refractivity contribution in [2.75, 3.05) is 18.0 Å². The van der Waals surface area contributed by atoms with Crippen LogP contribution >= 0.6 is 0 Å². The second-order valence-corrected chi connectivity index (χ2v) is 6.63. The molecular weight excluding hydrogens is 321 g/mol. The Hall–Kier alpha value is -2.34. The van der Waals surface area contributed by atoms with Crippen molar-refractivity contribution in [1.29, 1.82) is 0 Å². The van der Waals surface area contributed by atoms with Gasteiger partial charge in [-0.3, -0.25) is 4.79 Å². The smallest absolute Gasteiger partial charge is 0.253 e. The highest BCUT2D eigenvalue weighted by molar-refractivity contribution is 5.95. The fourth-order valence-corrected chi connectivity index (χ4v) is 3.32. The van der Waals surface area contributed by atoms with Gasteiger partial charge in [-0.15, -0.1) is 0 Å². The van der Waals surface area contributed by atoms with Crippen LogP contribution in [0.2, 0.25) is 0 Å². The van der Waals surface area contributed by atoms with Gasteiger partial charge >= 0.3 is 0 Å². The molecule has 1 aromatic carbocycles. The van der Waals surface area contributed by atoms with Crippen molar-refractivity contribution in [3.63, 3.8) is 0 Å². The Morgan fingerprint density at radius 3 is 2.72 bits per heavy atom. The van der Waals surface area contributed by atoms with Gasteiger partial charge in [0.2, 0.25) is 0 Å². The number of halogens is 1. The monoisotopic (exact) mass is 345 g/mol. The molecule has 1 aliphatic heterocycles. The maximum atomic E-state index is 13.8. The van der Waals surface area contributed by atoms with Crippen LogP contribution in [0, 0.1) is 12.7 Å². The minimum Gasteiger partial charge on any atom is -0.393 e. The van der Waals surface area contributed by atoms with Crippen molar-refractivity contribution >= 4 is 11.6 Å². The van der Waals surface area contributed by atoms with Gasteiger partial charge in [-0.2, -0.15) is 0 Å². The molecule has 2 heterocycles. The van der Waals surface area contributed by atoms with E-state index >= 15 is 0 Å². The van der Waals surface area contributed by atoms with Crippen LogP contribution in [0.5, 0.6) is 0 Å². The van der Waals surface area contributed by atoms with Crippen LogP contribution in [0.25, 0.3) is 0 Å². The van der Waals surface area contributed by atoms with Crippen molar-refractivity contribution in [3.8, 4) is 0 Å². The normalized spacial score (nSPS) is 16.7. The lowest BCUT2D eigenvalue weighted by molar-refractivity contribution is 0.0939. The van der Waals surface area contributed by atoms with E-state index in [0.29, 0.717) is 18.4 Å². The molecule has 0 saturated carbocycles. The number of hydrogen-bond acceptors (Lipinski definition) is 3. The molecular formula is C19H24FN3O2. The number of carbonyl (C=O) groups is 1. The summed E-state index contributed by atoms with van der Waals surface area (Å²) in [6.07, 6.45) is 2.84. The van der Waals surface area contributed by atoms with Crippen molar-refractivity contribution in [3.05, 3.63) is 53.1 Å². The Bertz CT molecular complexity index is 751. The van der Waals surface area contributed by atoms with Crippen LogP contribution in [0.3, 0.4) is 0 Å². The fourth-order valence-electron chi connectivity index (χ4n) is 3.32. The highest BCUT2D eigenvalue weighted by atomic mass is 19.1. The largest absolute Gasteiger partial charge is 0.393 e. The molecule has 1 aliphatic rings. The first kappa shape index (κ1) is 17.5. The molecule has 2 aromatic rings. The number of nitrogens with one attached hydrogen (secondary N) is 2. The quantitative estimate of drug-likeness (QED) is 0.798. The van der Waals surface area contributed by atoms with Crippen LogP contribution < -0.4 is 10.2 Å². The molecule has 25 heavy (non-hydrogen) atoms. The topological polar surface area (TPSA) is 68.4 Å². The molecule has 0 aliphatic carbocycles. The lowest BCUT2D eigenvalue weighted by atomic mass is 10.0. The molecule has 0 bridgehead atoms. The first-order chi connectivity index (χ1) is 12.0. The van der Waals surface area contributed by atoms with Crippen molar-refractivity contribution in [2.24, 2.45) is 0 Å². The average molecular weight is 345 g/mol. The van der Waals surface area contributed by atoms with Crippen LogP contribution in [-0.2, 0) is 0 Å². The summed E-state index contributed by atoms with van der Waals surface area (Å²) in [5.74, 6) is -0.509. The number of benzene rings is 1. The summed E-state index contributed by atoms with van der Waals surface area (Å²) in [6.45, 7) is 5.14. The number of nitrogens with zero attached hydrogens (tertiary/aromatic N) is 1. The van der Waals surface area contributed by atoms with E-state index in [1.54, 1.807) is 18.3 Å². The third kappa shape index (κ3) is 3.85. The van der Waals surface area contributed by atoms with E-state index in [2.05, 4.69) is 15.2 Å². The third-order valence-electron chi connectivity index (χ3n) is 4.81. The second-order valence-electron chi connectivity index (χ2n) is 6.63. The summed E-state index contributed by atoms with van der Waals surface area (Å²) in [5.41, 5.74) is 3.05. The Kier molecular flexibility index (Phi) is 5.08. The number of amides is 1. The molecule has 3 N–H and O–H groups in total. The summed E-state index contributed by atoms with van der Waals surface area (Å²) in [5, 5.41) is 12.7. The molecule has 1 aromatic heterocycles. The second kappa shape index (κ2) is 7.27. The van der Waals surface area contributed by atoms with Crippen LogP contribution in [0.1, 0.15) is 47.4 Å². The lowest BCUT2D eigenvalue weighted by Gasteiger charge is -2.34. The number of piperidine rings is 1. The standard InChI is InChI=1S/C19H24FN3O2/c1-12-16(5-8-21-12)19(25)22-13(2)17-11-14(20)3-4-18(17)23-9-6-15(24)7-10-23/h3-5,8,11,13,15,21,24H,6-7,9-10H2,1-2H3,(H,22,25). The van der Waals surface area contributed by atoms with Crippen LogP contribution in [0.4, 0.5) is 10.1 Å². The molecule has 1 atom stereocenters. The minimum absolute atomic E-state index is 0.185. The molecule has 0 spiro atoms. The zero-order chi connectivity index (χ0) is 18.0. The van der Waals surface area contributed by atoms with Crippen molar-refractivity contribution in [1.82, 2.24) is 10.3 Å². The van der Waals surface area contributed by atoms with Gasteiger partial charge in [0.25, 0.3) is 5.91 Å². The molecule has 1 unspecified atom stereocenters. The number of anilines is 1. The number of hydrogen-bond donors (Lipinski definition) is 3. The van der Waals surface area contributed by atoms with Crippen molar-refractivity contribution < 1.29 is 14.3 Å². The van der Waals surface area contributed by atoms with Gasteiger partial charge in [-0.1, -0.05) is 0 Å². The first-order valence-electron chi connectivity index (χ1n) is 8.63. The van der Waals surface area contributed by atoms with Crippen LogP contribution in [-0.4, -0.2) is 35.2 Å². The Morgan fingerprint density at radius 2 is 2.08 bits per heavy atom.